The number of hydrogen-bond acceptors (Lipinski definition) is 6. The Kier molecular flexibility index (Phi) is 6.76. The van der Waals surface area contributed by atoms with E-state index >= 15 is 0 Å². The number of hydrogen-bond donors (Lipinski definition) is 0. The Labute approximate surface area is 148 Å². The molecule has 1 saturated heterocycles. The van der Waals surface area contributed by atoms with Crippen molar-refractivity contribution in [2.75, 3.05) is 50.8 Å². The van der Waals surface area contributed by atoms with Crippen molar-refractivity contribution in [3.05, 3.63) is 33.9 Å². The molecule has 0 saturated carbocycles. The Morgan fingerprint density at radius 1 is 1.27 bits per heavy atom. The van der Waals surface area contributed by atoms with Crippen molar-refractivity contribution in [2.24, 2.45) is 0 Å². The van der Waals surface area contributed by atoms with Gasteiger partial charge in [-0.05, 0) is 18.6 Å². The Balaban J connectivity index is 1.82. The number of nitriles is 1. The second-order valence-corrected chi connectivity index (χ2v) is 5.92. The first-order chi connectivity index (χ1) is 12.3. The predicted octanol–water partition coefficient (Wildman–Crippen LogP) is 2.56. The van der Waals surface area contributed by atoms with Gasteiger partial charge >= 0.3 is 6.18 Å². The zero-order valence-corrected chi connectivity index (χ0v) is 14.0. The molecule has 0 N–H and O–H groups in total. The molecule has 7 nitrogen and oxygen atoms in total. The average molecular weight is 372 g/mol. The molecule has 142 valence electrons. The largest absolute Gasteiger partial charge is 0.411 e. The molecule has 1 fully saturated rings. The van der Waals surface area contributed by atoms with Crippen LogP contribution in [0.2, 0.25) is 0 Å². The minimum atomic E-state index is -4.30. The van der Waals surface area contributed by atoms with E-state index in [0.717, 1.165) is 0 Å². The number of ether oxygens (including phenoxy) is 1. The monoisotopic (exact) mass is 372 g/mol. The molecule has 26 heavy (non-hydrogen) atoms. The zero-order chi connectivity index (χ0) is 19.2. The van der Waals surface area contributed by atoms with E-state index in [4.69, 9.17) is 5.26 Å². The van der Waals surface area contributed by atoms with Crippen LogP contribution in [0.1, 0.15) is 12.0 Å². The van der Waals surface area contributed by atoms with Crippen LogP contribution in [0.4, 0.5) is 24.5 Å². The lowest BCUT2D eigenvalue weighted by atomic mass is 10.1. The van der Waals surface area contributed by atoms with Gasteiger partial charge in [0.1, 0.15) is 12.3 Å². The molecule has 0 aromatic heterocycles. The average Bonchev–Trinajstić information content (AvgIpc) is 2.60. The maximum atomic E-state index is 12.0. The third-order valence-electron chi connectivity index (χ3n) is 4.04. The highest BCUT2D eigenvalue weighted by Crippen LogP contribution is 2.29. The molecule has 0 amide bonds. The summed E-state index contributed by atoms with van der Waals surface area (Å²) >= 11 is 0. The standard InChI is InChI=1S/C16H19F3N4O3/c17-16(18,19)12-26-9-1-4-21-5-7-22(8-6-21)14-3-2-13(11-20)10-15(14)23(24)25/h2-3,10H,1,4-9,12H2. The Hall–Kier alpha value is -2.38. The second kappa shape index (κ2) is 8.82. The molecule has 1 aliphatic rings. The van der Waals surface area contributed by atoms with Gasteiger partial charge in [0.25, 0.3) is 5.69 Å². The van der Waals surface area contributed by atoms with Crippen molar-refractivity contribution in [3.8, 4) is 6.07 Å². The molecule has 1 aromatic rings. The number of anilines is 1. The normalized spacial score (nSPS) is 15.7. The van der Waals surface area contributed by atoms with Gasteiger partial charge in [-0.15, -0.1) is 0 Å². The van der Waals surface area contributed by atoms with E-state index in [1.54, 1.807) is 12.1 Å². The van der Waals surface area contributed by atoms with Crippen LogP contribution in [-0.4, -0.2) is 61.9 Å². The topological polar surface area (TPSA) is 82.6 Å². The van der Waals surface area contributed by atoms with E-state index in [2.05, 4.69) is 9.64 Å². The fourth-order valence-electron chi connectivity index (χ4n) is 2.80. The van der Waals surface area contributed by atoms with E-state index < -0.39 is 17.7 Å². The van der Waals surface area contributed by atoms with Crippen LogP contribution in [0.15, 0.2) is 18.2 Å². The highest BCUT2D eigenvalue weighted by Gasteiger charge is 2.27. The zero-order valence-electron chi connectivity index (χ0n) is 14.0. The highest BCUT2D eigenvalue weighted by molar-refractivity contribution is 5.65. The van der Waals surface area contributed by atoms with Gasteiger partial charge < -0.3 is 9.64 Å². The van der Waals surface area contributed by atoms with Crippen LogP contribution in [-0.2, 0) is 4.74 Å². The fraction of sp³-hybridized carbons (Fsp3) is 0.562. The van der Waals surface area contributed by atoms with Crippen LogP contribution in [0, 0.1) is 21.4 Å². The minimum absolute atomic E-state index is 0.0425. The summed E-state index contributed by atoms with van der Waals surface area (Å²) in [5, 5.41) is 20.1. The molecule has 0 bridgehead atoms. The molecule has 0 aliphatic carbocycles. The fourth-order valence-corrected chi connectivity index (χ4v) is 2.80. The lowest BCUT2D eigenvalue weighted by molar-refractivity contribution is -0.384. The van der Waals surface area contributed by atoms with Crippen molar-refractivity contribution < 1.29 is 22.8 Å². The number of benzene rings is 1. The number of nitrogens with zero attached hydrogens (tertiary/aromatic N) is 4. The summed E-state index contributed by atoms with van der Waals surface area (Å²) in [6.45, 7) is 1.85. The molecule has 1 aromatic carbocycles. The van der Waals surface area contributed by atoms with E-state index in [-0.39, 0.29) is 17.9 Å². The Bertz CT molecular complexity index is 668. The van der Waals surface area contributed by atoms with Crippen molar-refractivity contribution in [2.45, 2.75) is 12.6 Å². The summed E-state index contributed by atoms with van der Waals surface area (Å²) in [4.78, 5) is 14.7. The van der Waals surface area contributed by atoms with Gasteiger partial charge in [0.05, 0.1) is 16.6 Å². The van der Waals surface area contributed by atoms with Gasteiger partial charge in [-0.1, -0.05) is 0 Å². The van der Waals surface area contributed by atoms with Crippen molar-refractivity contribution in [1.82, 2.24) is 4.90 Å². The number of nitro benzene ring substituents is 1. The summed E-state index contributed by atoms with van der Waals surface area (Å²) in [6.07, 6.45) is -3.81. The number of nitro groups is 1. The molecule has 1 aliphatic heterocycles. The van der Waals surface area contributed by atoms with Crippen LogP contribution in [0.25, 0.3) is 0 Å². The first-order valence-corrected chi connectivity index (χ1v) is 8.10. The molecular formula is C16H19F3N4O3. The van der Waals surface area contributed by atoms with Gasteiger partial charge in [-0.25, -0.2) is 0 Å². The Morgan fingerprint density at radius 2 is 1.96 bits per heavy atom. The second-order valence-electron chi connectivity index (χ2n) is 5.92. The van der Waals surface area contributed by atoms with Gasteiger partial charge in [0, 0.05) is 45.4 Å². The van der Waals surface area contributed by atoms with Crippen LogP contribution in [0.5, 0.6) is 0 Å². The SMILES string of the molecule is N#Cc1ccc(N2CCN(CCCOCC(F)(F)F)CC2)c([N+](=O)[O-])c1. The van der Waals surface area contributed by atoms with Crippen LogP contribution < -0.4 is 4.90 Å². The smallest absolute Gasteiger partial charge is 0.372 e. The third kappa shape index (κ3) is 5.86. The van der Waals surface area contributed by atoms with E-state index in [9.17, 15) is 23.3 Å². The van der Waals surface area contributed by atoms with Crippen LogP contribution in [0.3, 0.4) is 0 Å². The first kappa shape index (κ1) is 19.9. The Morgan fingerprint density at radius 3 is 2.54 bits per heavy atom. The quantitative estimate of drug-likeness (QED) is 0.416. The number of piperazine rings is 1. The van der Waals surface area contributed by atoms with Crippen LogP contribution >= 0.6 is 0 Å². The lowest BCUT2D eigenvalue weighted by Crippen LogP contribution is -2.47. The van der Waals surface area contributed by atoms with Gasteiger partial charge in [0.2, 0.25) is 0 Å². The lowest BCUT2D eigenvalue weighted by Gasteiger charge is -2.35. The molecule has 0 atom stereocenters. The first-order valence-electron chi connectivity index (χ1n) is 8.10. The molecular weight excluding hydrogens is 353 g/mol. The summed E-state index contributed by atoms with van der Waals surface area (Å²) in [7, 11) is 0. The maximum absolute atomic E-state index is 12.0. The molecule has 0 spiro atoms. The van der Waals surface area contributed by atoms with Crippen molar-refractivity contribution in [3.63, 3.8) is 0 Å². The van der Waals surface area contributed by atoms with E-state index in [1.807, 2.05) is 11.0 Å². The molecule has 0 radical (unpaired) electrons. The summed E-state index contributed by atoms with van der Waals surface area (Å²) in [5.41, 5.74) is 0.609. The molecule has 0 unspecified atom stereocenters. The summed E-state index contributed by atoms with van der Waals surface area (Å²) < 4.78 is 40.5. The summed E-state index contributed by atoms with van der Waals surface area (Å²) in [5.74, 6) is 0. The maximum Gasteiger partial charge on any atom is 0.411 e. The summed E-state index contributed by atoms with van der Waals surface area (Å²) in [6, 6.07) is 6.28. The van der Waals surface area contributed by atoms with Gasteiger partial charge in [0.15, 0.2) is 0 Å². The molecule has 2 rings (SSSR count). The molecule has 10 heteroatoms. The molecule has 1 heterocycles. The number of halogens is 3. The highest BCUT2D eigenvalue weighted by atomic mass is 19.4. The van der Waals surface area contributed by atoms with E-state index in [1.165, 1.54) is 6.07 Å². The van der Waals surface area contributed by atoms with Crippen molar-refractivity contribution >= 4 is 11.4 Å². The van der Waals surface area contributed by atoms with Gasteiger partial charge in [-0.3, -0.25) is 15.0 Å². The number of alkyl halides is 3. The predicted molar refractivity (Wildman–Crippen MR) is 88.0 cm³/mol. The number of rotatable bonds is 7. The van der Waals surface area contributed by atoms with Gasteiger partial charge in [-0.2, -0.15) is 18.4 Å². The minimum Gasteiger partial charge on any atom is -0.372 e. The van der Waals surface area contributed by atoms with Crippen molar-refractivity contribution in [1.29, 1.82) is 5.26 Å². The van der Waals surface area contributed by atoms with E-state index in [0.29, 0.717) is 44.8 Å². The third-order valence-corrected chi connectivity index (χ3v) is 4.04.